The smallest absolute Gasteiger partial charge is 0.157 e. The second-order valence-corrected chi connectivity index (χ2v) is 6.76. The van der Waals surface area contributed by atoms with Crippen molar-refractivity contribution in [3.63, 3.8) is 0 Å². The van der Waals surface area contributed by atoms with Crippen LogP contribution in [0, 0.1) is 5.92 Å². The summed E-state index contributed by atoms with van der Waals surface area (Å²) < 4.78 is 0. The summed E-state index contributed by atoms with van der Waals surface area (Å²) in [6.45, 7) is 6.60. The van der Waals surface area contributed by atoms with Crippen LogP contribution >= 0.6 is 23.4 Å². The highest BCUT2D eigenvalue weighted by atomic mass is 35.5. The first-order chi connectivity index (χ1) is 9.08. The van der Waals surface area contributed by atoms with E-state index >= 15 is 0 Å². The van der Waals surface area contributed by atoms with E-state index in [9.17, 15) is 0 Å². The van der Waals surface area contributed by atoms with Gasteiger partial charge in [0.25, 0.3) is 0 Å². The van der Waals surface area contributed by atoms with Crippen molar-refractivity contribution in [2.24, 2.45) is 10.9 Å². The lowest BCUT2D eigenvalue weighted by Gasteiger charge is -2.25. The molecule has 0 aliphatic carbocycles. The van der Waals surface area contributed by atoms with Gasteiger partial charge in [-0.2, -0.15) is 0 Å². The van der Waals surface area contributed by atoms with Gasteiger partial charge >= 0.3 is 0 Å². The molecule has 0 fully saturated rings. The predicted octanol–water partition coefficient (Wildman–Crippen LogP) is 4.51. The van der Waals surface area contributed by atoms with Gasteiger partial charge in [-0.15, -0.1) is 0 Å². The van der Waals surface area contributed by atoms with Crippen LogP contribution in [0.4, 0.5) is 0 Å². The Hall–Kier alpha value is -0.670. The molecule has 1 N–H and O–H groups in total. The molecular weight excluding hydrogens is 276 g/mol. The number of benzene rings is 1. The number of aliphatic imine (C=N–C) groups is 1. The van der Waals surface area contributed by atoms with Crippen molar-refractivity contribution in [2.75, 3.05) is 5.75 Å². The van der Waals surface area contributed by atoms with Crippen molar-refractivity contribution >= 4 is 28.5 Å². The quantitative estimate of drug-likeness (QED) is 0.887. The molecule has 19 heavy (non-hydrogen) atoms. The molecule has 0 amide bonds. The second kappa shape index (κ2) is 6.67. The summed E-state index contributed by atoms with van der Waals surface area (Å²) in [5.74, 6) is 1.75. The molecule has 1 aliphatic heterocycles. The van der Waals surface area contributed by atoms with Crippen LogP contribution < -0.4 is 5.32 Å². The van der Waals surface area contributed by atoms with Crippen LogP contribution in [0.2, 0.25) is 5.02 Å². The first-order valence-electron chi connectivity index (χ1n) is 6.79. The van der Waals surface area contributed by atoms with E-state index in [4.69, 9.17) is 16.6 Å². The zero-order valence-corrected chi connectivity index (χ0v) is 13.3. The highest BCUT2D eigenvalue weighted by Crippen LogP contribution is 2.26. The zero-order chi connectivity index (χ0) is 13.8. The van der Waals surface area contributed by atoms with Gasteiger partial charge in [0.15, 0.2) is 5.17 Å². The predicted molar refractivity (Wildman–Crippen MR) is 86.1 cm³/mol. The van der Waals surface area contributed by atoms with E-state index in [1.807, 2.05) is 30.0 Å². The Bertz CT molecular complexity index is 459. The molecule has 2 nitrogen and oxygen atoms in total. The Morgan fingerprint density at radius 1 is 1.32 bits per heavy atom. The summed E-state index contributed by atoms with van der Waals surface area (Å²) in [7, 11) is 0. The third-order valence-electron chi connectivity index (χ3n) is 3.42. The van der Waals surface area contributed by atoms with Crippen LogP contribution in [0.15, 0.2) is 29.3 Å². The van der Waals surface area contributed by atoms with Crippen LogP contribution in [0.1, 0.15) is 38.8 Å². The normalized spacial score (nSPS) is 21.1. The molecule has 4 heteroatoms. The molecular formula is C15H21ClN2S. The van der Waals surface area contributed by atoms with E-state index in [0.29, 0.717) is 12.0 Å². The molecule has 0 bridgehead atoms. The zero-order valence-electron chi connectivity index (χ0n) is 11.7. The van der Waals surface area contributed by atoms with E-state index in [2.05, 4.69) is 32.2 Å². The summed E-state index contributed by atoms with van der Waals surface area (Å²) in [5, 5.41) is 5.35. The molecule has 0 saturated carbocycles. The minimum Gasteiger partial charge on any atom is -0.358 e. The van der Waals surface area contributed by atoms with Gasteiger partial charge in [-0.1, -0.05) is 55.4 Å². The van der Waals surface area contributed by atoms with Crippen molar-refractivity contribution in [1.82, 2.24) is 5.32 Å². The van der Waals surface area contributed by atoms with E-state index in [1.165, 1.54) is 6.42 Å². The molecule has 0 saturated heterocycles. The summed E-state index contributed by atoms with van der Waals surface area (Å²) in [6.07, 6.45) is 1.17. The van der Waals surface area contributed by atoms with Crippen LogP contribution in [-0.4, -0.2) is 17.0 Å². The summed E-state index contributed by atoms with van der Waals surface area (Å²) in [5.41, 5.74) is 1.12. The molecule has 1 aromatic carbocycles. The minimum absolute atomic E-state index is 0.186. The van der Waals surface area contributed by atoms with Gasteiger partial charge in [-0.25, -0.2) is 0 Å². The molecule has 1 heterocycles. The fraction of sp³-hybridized carbons (Fsp3) is 0.533. The molecule has 1 aliphatic rings. The van der Waals surface area contributed by atoms with Crippen molar-refractivity contribution in [1.29, 1.82) is 0 Å². The number of amidine groups is 1. The molecule has 2 atom stereocenters. The molecule has 2 rings (SSSR count). The van der Waals surface area contributed by atoms with E-state index in [-0.39, 0.29) is 6.04 Å². The Balaban J connectivity index is 2.07. The average molecular weight is 297 g/mol. The molecule has 1 aromatic rings. The van der Waals surface area contributed by atoms with Gasteiger partial charge in [-0.3, -0.25) is 4.99 Å². The van der Waals surface area contributed by atoms with E-state index in [1.54, 1.807) is 0 Å². The van der Waals surface area contributed by atoms with Gasteiger partial charge in [0.2, 0.25) is 0 Å². The standard InChI is InChI=1S/C15H21ClN2S/c1-10(2)14-8-9-19-15(18-14)17-11(3)12-6-4-5-7-13(12)16/h4-7,10-11,14H,8-9H2,1-3H3,(H,17,18). The summed E-state index contributed by atoms with van der Waals surface area (Å²) in [6, 6.07) is 8.61. The topological polar surface area (TPSA) is 24.4 Å². The van der Waals surface area contributed by atoms with Crippen molar-refractivity contribution < 1.29 is 0 Å². The number of halogens is 1. The Morgan fingerprint density at radius 2 is 2.05 bits per heavy atom. The maximum atomic E-state index is 6.23. The Labute approximate surface area is 125 Å². The summed E-state index contributed by atoms with van der Waals surface area (Å²) >= 11 is 8.04. The van der Waals surface area contributed by atoms with Gasteiger partial charge in [0.1, 0.15) is 0 Å². The van der Waals surface area contributed by atoms with Gasteiger partial charge < -0.3 is 5.32 Å². The SMILES string of the molecule is CC(NC1=NC(C(C)C)CCS1)c1ccccc1Cl. The van der Waals surface area contributed by atoms with Crippen molar-refractivity contribution in [2.45, 2.75) is 39.3 Å². The highest BCUT2D eigenvalue weighted by molar-refractivity contribution is 8.13. The number of thioether (sulfide) groups is 1. The van der Waals surface area contributed by atoms with Crippen molar-refractivity contribution in [3.05, 3.63) is 34.9 Å². The number of nitrogens with one attached hydrogen (secondary N) is 1. The monoisotopic (exact) mass is 296 g/mol. The Kier molecular flexibility index (Phi) is 5.17. The highest BCUT2D eigenvalue weighted by Gasteiger charge is 2.20. The largest absolute Gasteiger partial charge is 0.358 e. The number of rotatable bonds is 3. The van der Waals surface area contributed by atoms with Crippen LogP contribution in [0.3, 0.4) is 0 Å². The van der Waals surface area contributed by atoms with Crippen molar-refractivity contribution in [3.8, 4) is 0 Å². The Morgan fingerprint density at radius 3 is 2.74 bits per heavy atom. The number of hydrogen-bond acceptors (Lipinski definition) is 3. The molecule has 104 valence electrons. The maximum absolute atomic E-state index is 6.23. The molecule has 0 radical (unpaired) electrons. The maximum Gasteiger partial charge on any atom is 0.157 e. The number of nitrogens with zero attached hydrogens (tertiary/aromatic N) is 1. The van der Waals surface area contributed by atoms with E-state index < -0.39 is 0 Å². The third kappa shape index (κ3) is 3.90. The average Bonchev–Trinajstić information content (AvgIpc) is 2.39. The minimum atomic E-state index is 0.186. The third-order valence-corrected chi connectivity index (χ3v) is 4.70. The van der Waals surface area contributed by atoms with Gasteiger partial charge in [-0.05, 0) is 30.9 Å². The lowest BCUT2D eigenvalue weighted by Crippen LogP contribution is -2.30. The fourth-order valence-electron chi connectivity index (χ4n) is 2.18. The van der Waals surface area contributed by atoms with Crippen LogP contribution in [0.5, 0.6) is 0 Å². The number of hydrogen-bond donors (Lipinski definition) is 1. The van der Waals surface area contributed by atoms with Gasteiger partial charge in [0.05, 0.1) is 12.1 Å². The molecule has 2 unspecified atom stereocenters. The first kappa shape index (κ1) is 14.7. The molecule has 0 aromatic heterocycles. The van der Waals surface area contributed by atoms with E-state index in [0.717, 1.165) is 21.5 Å². The second-order valence-electron chi connectivity index (χ2n) is 5.27. The van der Waals surface area contributed by atoms with Crippen LogP contribution in [-0.2, 0) is 0 Å². The van der Waals surface area contributed by atoms with Gasteiger partial charge in [0, 0.05) is 10.8 Å². The fourth-order valence-corrected chi connectivity index (χ4v) is 3.50. The molecule has 0 spiro atoms. The first-order valence-corrected chi connectivity index (χ1v) is 8.16. The summed E-state index contributed by atoms with van der Waals surface area (Å²) in [4.78, 5) is 4.80. The lowest BCUT2D eigenvalue weighted by atomic mass is 10.0. The van der Waals surface area contributed by atoms with Crippen LogP contribution in [0.25, 0.3) is 0 Å². The lowest BCUT2D eigenvalue weighted by molar-refractivity contribution is 0.482.